The van der Waals surface area contributed by atoms with Crippen molar-refractivity contribution in [2.75, 3.05) is 142 Å². The van der Waals surface area contributed by atoms with Crippen molar-refractivity contribution in [3.63, 3.8) is 0 Å². The van der Waals surface area contributed by atoms with E-state index in [0.717, 1.165) is 4.31 Å². The third-order valence-corrected chi connectivity index (χ3v) is 12.7. The summed E-state index contributed by atoms with van der Waals surface area (Å²) in [6.45, 7) is 8.39. The Balaban J connectivity index is -0.000000199. The van der Waals surface area contributed by atoms with Crippen LogP contribution in [-0.2, 0) is 64.3 Å². The van der Waals surface area contributed by atoms with E-state index in [4.69, 9.17) is 18.6 Å². The number of sulfonamides is 1. The number of nitrogens with zero attached hydrogens (tertiary/aromatic N) is 3. The summed E-state index contributed by atoms with van der Waals surface area (Å²) in [6, 6.07) is -0.0416. The number of halogens is 3. The minimum atomic E-state index is -5.25. The average molecular weight is 951 g/mol. The Bertz CT molecular complexity index is 1390. The molecule has 0 aliphatic heterocycles. The molecule has 0 aromatic rings. The molecule has 0 aliphatic rings. The van der Waals surface area contributed by atoms with Crippen LogP contribution in [0.1, 0.15) is 20.8 Å². The Labute approximate surface area is 341 Å². The van der Waals surface area contributed by atoms with Gasteiger partial charge in [-0.05, 0) is 13.8 Å². The van der Waals surface area contributed by atoms with Crippen molar-refractivity contribution in [2.24, 2.45) is 0 Å². The summed E-state index contributed by atoms with van der Waals surface area (Å²) in [5.41, 5.74) is -5.25. The normalized spacial score (nSPS) is 12.9. The highest BCUT2D eigenvalue weighted by atomic mass is 32.3. The Morgan fingerprint density at radius 1 is 0.561 bits per heavy atom. The second-order valence-electron chi connectivity index (χ2n) is 11.0. The maximum Gasteiger partial charge on any atom is 0.511 e. The van der Waals surface area contributed by atoms with Crippen LogP contribution < -0.4 is 23.6 Å². The van der Waals surface area contributed by atoms with Gasteiger partial charge >= 0.3 is 15.5 Å². The van der Waals surface area contributed by atoms with Crippen molar-refractivity contribution in [2.45, 2.75) is 32.3 Å². The summed E-state index contributed by atoms with van der Waals surface area (Å²) in [5, 5.41) is 0. The molecule has 0 rings (SSSR count). The monoisotopic (exact) mass is 950 g/mol. The van der Waals surface area contributed by atoms with E-state index in [2.05, 4.69) is 33.1 Å². The van der Waals surface area contributed by atoms with Crippen LogP contribution in [0.5, 0.6) is 0 Å². The smallest absolute Gasteiger partial charge is 0.383 e. The van der Waals surface area contributed by atoms with Gasteiger partial charge < -0.3 is 23.7 Å². The van der Waals surface area contributed by atoms with Crippen molar-refractivity contribution in [1.29, 1.82) is 0 Å². The van der Waals surface area contributed by atoms with Crippen molar-refractivity contribution in [1.82, 2.24) is 36.5 Å². The van der Waals surface area contributed by atoms with E-state index >= 15 is 0 Å². The van der Waals surface area contributed by atoms with Gasteiger partial charge in [0.25, 0.3) is 30.6 Å². The van der Waals surface area contributed by atoms with Crippen LogP contribution in [0.4, 0.5) is 13.2 Å². The molecule has 0 unspecified atom stereocenters. The number of nitrogens with one attached hydrogen (secondary N) is 5. The topological polar surface area (TPSA) is 293 Å². The Morgan fingerprint density at radius 3 is 1.12 bits per heavy atom. The van der Waals surface area contributed by atoms with Gasteiger partial charge in [0.15, 0.2) is 0 Å². The van der Waals surface area contributed by atoms with Gasteiger partial charge in [-0.1, -0.05) is 6.92 Å². The zero-order valence-corrected chi connectivity index (χ0v) is 39.2. The van der Waals surface area contributed by atoms with Crippen molar-refractivity contribution < 1.29 is 79.6 Å². The third-order valence-electron chi connectivity index (χ3n) is 5.80. The second-order valence-corrected chi connectivity index (χ2v) is 20.4. The first-order chi connectivity index (χ1) is 25.8. The van der Waals surface area contributed by atoms with Crippen LogP contribution in [0, 0.1) is 0 Å². The van der Waals surface area contributed by atoms with Crippen molar-refractivity contribution in [3.8, 4) is 0 Å². The Kier molecular flexibility index (Phi) is 40.2. The number of hydrogen-bond donors (Lipinski definition) is 7. The summed E-state index contributed by atoms with van der Waals surface area (Å²) < 4.78 is 177. The summed E-state index contributed by atoms with van der Waals surface area (Å²) in [4.78, 5) is 0. The maximum absolute atomic E-state index is 11.6. The molecule has 0 fully saturated rings. The molecule has 0 amide bonds. The van der Waals surface area contributed by atoms with E-state index in [-0.39, 0.29) is 12.6 Å². The minimum Gasteiger partial charge on any atom is -0.383 e. The van der Waals surface area contributed by atoms with E-state index in [9.17, 15) is 46.8 Å². The summed E-state index contributed by atoms with van der Waals surface area (Å²) in [7, 11) is -4.22. The Morgan fingerprint density at radius 2 is 0.860 bits per heavy atom. The molecule has 0 aromatic heterocycles. The quantitative estimate of drug-likeness (QED) is 0.0532. The standard InChI is InChI=1S/C7H18N2O3S.C6H16N2O3S.C5H14N2O3S.C4H8F3NO3S.C4H13NO3S/c1-7(2)9(3)13(10,11)8-5-6-12-4;1-4-8(2)12(9,10)7-5-6-11-3;1-7(2)11(8,9)6-4-5-10-3;1-11-3-2-8-12(9,10)4(5,6)7;1-8-4-3-5-9(2,6)7/h7-8H,5-6H2,1-4H3;7H,4-6H2,1-3H3;6H,4-5H2,1-3H3;8H,2-3H2,1H3;5-7H,3-4H2,1-2H3. The van der Waals surface area contributed by atoms with Crippen LogP contribution in [0.3, 0.4) is 0 Å². The highest BCUT2D eigenvalue weighted by Gasteiger charge is 2.45. The number of ether oxygens (including phenoxy) is 5. The van der Waals surface area contributed by atoms with Crippen LogP contribution in [-0.4, -0.2) is 210 Å². The molecule has 0 spiro atoms. The summed E-state index contributed by atoms with van der Waals surface area (Å²) in [6.07, 6.45) is 1.34. The van der Waals surface area contributed by atoms with Gasteiger partial charge in [-0.2, -0.15) is 65.5 Å². The maximum atomic E-state index is 11.6. The molecule has 0 aromatic carbocycles. The molecular weight excluding hydrogens is 882 g/mol. The molecule has 0 aliphatic carbocycles. The van der Waals surface area contributed by atoms with Gasteiger partial charge in [0.05, 0.1) is 33.0 Å². The van der Waals surface area contributed by atoms with Gasteiger partial charge in [0, 0.05) is 115 Å². The molecule has 0 bridgehead atoms. The highest BCUT2D eigenvalue weighted by molar-refractivity contribution is 8.22. The van der Waals surface area contributed by atoms with Gasteiger partial charge in [0.1, 0.15) is 0 Å². The fraction of sp³-hybridized carbons (Fsp3) is 1.00. The molecule has 0 radical (unpaired) electrons. The highest BCUT2D eigenvalue weighted by Crippen LogP contribution is 2.26. The second kappa shape index (κ2) is 35.0. The largest absolute Gasteiger partial charge is 0.511 e. The number of rotatable bonds is 25. The number of hydrogen-bond acceptors (Lipinski definition) is 16. The molecule has 0 heterocycles. The fourth-order valence-corrected chi connectivity index (χ4v) is 5.89. The van der Waals surface area contributed by atoms with Crippen LogP contribution >= 0.6 is 10.8 Å². The van der Waals surface area contributed by atoms with E-state index in [1.807, 2.05) is 13.8 Å². The number of methoxy groups -OCH3 is 5. The van der Waals surface area contributed by atoms with Gasteiger partial charge in [-0.25, -0.2) is 17.9 Å². The van der Waals surface area contributed by atoms with E-state index in [1.165, 1.54) is 69.2 Å². The van der Waals surface area contributed by atoms with Crippen molar-refractivity contribution >= 4 is 51.4 Å². The van der Waals surface area contributed by atoms with Crippen molar-refractivity contribution in [3.05, 3.63) is 0 Å². The molecule has 7 N–H and O–H groups in total. The van der Waals surface area contributed by atoms with E-state index < -0.39 is 63.5 Å². The lowest BCUT2D eigenvalue weighted by Gasteiger charge is -2.27. The lowest BCUT2D eigenvalue weighted by atomic mass is 10.4. The number of alkyl halides is 3. The zero-order valence-electron chi connectivity index (χ0n) is 35.1. The summed E-state index contributed by atoms with van der Waals surface area (Å²) >= 11 is 0. The molecule has 0 saturated heterocycles. The Hall–Kier alpha value is -0.660. The summed E-state index contributed by atoms with van der Waals surface area (Å²) in [5.74, 6) is 0. The zero-order chi connectivity index (χ0) is 46.2. The van der Waals surface area contributed by atoms with Gasteiger partial charge in [-0.15, -0.1) is 10.8 Å². The molecule has 57 heavy (non-hydrogen) atoms. The fourth-order valence-electron chi connectivity index (χ4n) is 2.30. The average Bonchev–Trinajstić information content (AvgIpc) is 3.08. The first kappa shape index (κ1) is 65.5. The molecule has 354 valence electrons. The van der Waals surface area contributed by atoms with Crippen LogP contribution in [0.2, 0.25) is 0 Å². The lowest BCUT2D eigenvalue weighted by molar-refractivity contribution is -0.0448. The SMILES string of the molecule is CCN(C)S(=O)(=O)NCCOC.COCCNS(=O)(=O)C(F)(F)F.COCCNS(=O)(=O)N(C)C.COCCNS(=O)(=O)N(C)C(C)C.COCCNS(C)(O)O. The molecule has 0 saturated carbocycles. The van der Waals surface area contributed by atoms with Gasteiger partial charge in [-0.3, -0.25) is 9.11 Å². The van der Waals surface area contributed by atoms with E-state index in [1.54, 1.807) is 21.1 Å². The predicted octanol–water partition coefficient (Wildman–Crippen LogP) is -1.16. The van der Waals surface area contributed by atoms with Gasteiger partial charge in [0.2, 0.25) is 0 Å². The third kappa shape index (κ3) is 40.5. The molecular formula is C26H69F3N8O15S5. The first-order valence-corrected chi connectivity index (χ1v) is 24.2. The predicted molar refractivity (Wildman–Crippen MR) is 215 cm³/mol. The van der Waals surface area contributed by atoms with Crippen LogP contribution in [0.25, 0.3) is 0 Å². The van der Waals surface area contributed by atoms with E-state index in [0.29, 0.717) is 59.2 Å². The lowest BCUT2D eigenvalue weighted by Crippen LogP contribution is -2.42. The molecule has 31 heteroatoms. The van der Waals surface area contributed by atoms with Crippen LogP contribution in [0.15, 0.2) is 0 Å². The first-order valence-electron chi connectivity index (χ1n) is 16.4. The minimum absolute atomic E-state index is 0.0416. The molecule has 23 nitrogen and oxygen atoms in total. The molecule has 0 atom stereocenters.